The van der Waals surface area contributed by atoms with Crippen LogP contribution in [0.2, 0.25) is 0 Å². The third-order valence-electron chi connectivity index (χ3n) is 7.96. The normalized spacial score (nSPS) is 22.7. The van der Waals surface area contributed by atoms with Gasteiger partial charge in [0.1, 0.15) is 11.5 Å². The van der Waals surface area contributed by atoms with Gasteiger partial charge >= 0.3 is 0 Å². The van der Waals surface area contributed by atoms with Gasteiger partial charge in [-0.3, -0.25) is 9.98 Å². The van der Waals surface area contributed by atoms with Gasteiger partial charge in [0.15, 0.2) is 0 Å². The minimum Gasteiger partial charge on any atom is -0.507 e. The number of hydrogen-bond acceptors (Lipinski definition) is 8. The van der Waals surface area contributed by atoms with Crippen LogP contribution in [0.25, 0.3) is 0 Å². The van der Waals surface area contributed by atoms with Gasteiger partial charge in [0.2, 0.25) is 0 Å². The zero-order chi connectivity index (χ0) is 29.9. The molecule has 0 bridgehead atoms. The molecule has 0 unspecified atom stereocenters. The molecule has 41 heavy (non-hydrogen) atoms. The Bertz CT molecular complexity index is 1080. The summed E-state index contributed by atoms with van der Waals surface area (Å²) in [6.45, 7) is 16.2. The molecule has 2 heterocycles. The topological polar surface area (TPSA) is 112 Å². The Morgan fingerprint density at radius 2 is 0.854 bits per heavy atom. The number of hydrogen-bond donors (Lipinski definition) is 4. The summed E-state index contributed by atoms with van der Waals surface area (Å²) in [4.78, 5) is 9.23. The van der Waals surface area contributed by atoms with Crippen molar-refractivity contribution >= 4 is 12.4 Å². The maximum atomic E-state index is 10.3. The van der Waals surface area contributed by atoms with Gasteiger partial charge in [-0.15, -0.1) is 0 Å². The third kappa shape index (κ3) is 8.86. The van der Waals surface area contributed by atoms with Crippen molar-refractivity contribution in [2.75, 3.05) is 0 Å². The number of phenolic OH excluding ortho intramolecular Hbond substituents is 2. The van der Waals surface area contributed by atoms with Crippen LogP contribution in [-0.4, -0.2) is 77.4 Å². The number of aliphatic imine (C=N–C) groups is 2. The van der Waals surface area contributed by atoms with Crippen LogP contribution in [0.4, 0.5) is 0 Å². The number of para-hydroxylation sites is 2. The third-order valence-corrected chi connectivity index (χ3v) is 7.96. The molecule has 229 valence electrons. The average Bonchev–Trinajstić information content (AvgIpc) is 2.85. The number of phenols is 2. The smallest absolute Gasteiger partial charge is 0.124 e. The van der Waals surface area contributed by atoms with Gasteiger partial charge in [0.25, 0.3) is 0 Å². The molecule has 0 amide bonds. The van der Waals surface area contributed by atoms with Crippen LogP contribution < -0.4 is 0 Å². The van der Waals surface area contributed by atoms with E-state index in [0.717, 1.165) is 36.8 Å². The molecule has 0 saturated carbocycles. The number of hydroxylamine groups is 4. The van der Waals surface area contributed by atoms with Gasteiger partial charge < -0.3 is 20.6 Å². The first-order valence-electron chi connectivity index (χ1n) is 14.1. The van der Waals surface area contributed by atoms with Crippen molar-refractivity contribution < 1.29 is 37.4 Å². The predicted octanol–water partition coefficient (Wildman–Crippen LogP) is 6.44. The van der Waals surface area contributed by atoms with Gasteiger partial charge in [0.05, 0.1) is 12.1 Å². The first kappa shape index (κ1) is 34.9. The fourth-order valence-corrected chi connectivity index (χ4v) is 6.21. The molecule has 8 nitrogen and oxygen atoms in total. The molecule has 2 fully saturated rings. The van der Waals surface area contributed by atoms with E-state index in [1.54, 1.807) is 36.7 Å². The van der Waals surface area contributed by atoms with Crippen LogP contribution in [0.1, 0.15) is 92.2 Å². The summed E-state index contributed by atoms with van der Waals surface area (Å²) in [6.07, 6.45) is 6.63. The van der Waals surface area contributed by atoms with E-state index in [0.29, 0.717) is 0 Å². The number of piperidine rings is 2. The van der Waals surface area contributed by atoms with Gasteiger partial charge in [-0.25, -0.2) is 0 Å². The fraction of sp³-hybridized carbons (Fsp3) is 0.562. The number of nitrogens with zero attached hydrogens (tertiary/aromatic N) is 4. The minimum atomic E-state index is -0.303. The van der Waals surface area contributed by atoms with Crippen LogP contribution >= 0.6 is 0 Å². The Balaban J connectivity index is 0.000000280. The van der Waals surface area contributed by atoms with Gasteiger partial charge in [-0.05, 0) is 105 Å². The predicted molar refractivity (Wildman–Crippen MR) is 161 cm³/mol. The van der Waals surface area contributed by atoms with E-state index in [1.165, 1.54) is 10.1 Å². The van der Waals surface area contributed by atoms with Crippen LogP contribution in [0.5, 0.6) is 11.5 Å². The van der Waals surface area contributed by atoms with E-state index in [9.17, 15) is 20.6 Å². The van der Waals surface area contributed by atoms with Gasteiger partial charge in [0, 0.05) is 62.5 Å². The Kier molecular flexibility index (Phi) is 11.4. The van der Waals surface area contributed by atoms with Crippen LogP contribution in [0.15, 0.2) is 58.5 Å². The van der Waals surface area contributed by atoms with Gasteiger partial charge in [-0.1, -0.05) is 24.3 Å². The summed E-state index contributed by atoms with van der Waals surface area (Å²) < 4.78 is 0. The van der Waals surface area contributed by atoms with E-state index in [-0.39, 0.29) is 62.5 Å². The molecule has 2 aromatic rings. The molecular weight excluding hydrogens is 563 g/mol. The van der Waals surface area contributed by atoms with E-state index in [2.05, 4.69) is 9.98 Å². The zero-order valence-electron chi connectivity index (χ0n) is 25.7. The summed E-state index contributed by atoms with van der Waals surface area (Å²) in [5.41, 5.74) is 0.250. The van der Waals surface area contributed by atoms with Crippen molar-refractivity contribution in [2.45, 2.75) is 115 Å². The first-order valence-corrected chi connectivity index (χ1v) is 14.1. The number of rotatable bonds is 4. The summed E-state index contributed by atoms with van der Waals surface area (Å²) in [5.74, 6) is 0.490. The molecule has 2 aromatic carbocycles. The molecule has 9 heteroatoms. The Morgan fingerprint density at radius 3 is 1.12 bits per heavy atom. The maximum absolute atomic E-state index is 10.3. The number of aromatic hydroxyl groups is 2. The molecule has 2 saturated heterocycles. The maximum Gasteiger partial charge on any atom is 0.124 e. The van der Waals surface area contributed by atoms with E-state index < -0.39 is 0 Å². The van der Waals surface area contributed by atoms with Crippen molar-refractivity contribution in [3.05, 3.63) is 59.7 Å². The largest absolute Gasteiger partial charge is 0.507 e. The van der Waals surface area contributed by atoms with E-state index in [1.807, 2.05) is 79.7 Å². The van der Waals surface area contributed by atoms with Gasteiger partial charge in [-0.2, -0.15) is 10.1 Å². The quantitative estimate of drug-likeness (QED) is 0.296. The fourth-order valence-electron chi connectivity index (χ4n) is 6.21. The second kappa shape index (κ2) is 13.4. The van der Waals surface area contributed by atoms with Crippen molar-refractivity contribution in [3.8, 4) is 11.5 Å². The zero-order valence-corrected chi connectivity index (χ0v) is 26.7. The minimum absolute atomic E-state index is 0. The first-order chi connectivity index (χ1) is 18.4. The second-order valence-corrected chi connectivity index (χ2v) is 13.7. The van der Waals surface area contributed by atoms with Crippen molar-refractivity contribution in [1.82, 2.24) is 10.1 Å². The van der Waals surface area contributed by atoms with Crippen molar-refractivity contribution in [1.29, 1.82) is 0 Å². The summed E-state index contributed by atoms with van der Waals surface area (Å²) in [7, 11) is 0. The molecular formula is C32H48CoN4O4. The summed E-state index contributed by atoms with van der Waals surface area (Å²) in [6, 6.07) is 14.6. The van der Waals surface area contributed by atoms with Crippen LogP contribution in [-0.2, 0) is 16.8 Å². The molecule has 0 atom stereocenters. The molecule has 4 rings (SSSR count). The standard InChI is InChI=1S/2C16H24N2O2.Co/c2*1-15(2)9-13(10-16(3,4)18(15)20)17-11-12-7-5-6-8-14(12)19;/h2*5-8,11,13,19-20H,9-10H2,1-4H3;. The monoisotopic (exact) mass is 611 g/mol. The SMILES string of the molecule is CC1(C)CC(N=Cc2ccccc2O)CC(C)(C)N1O.CC1(C)CC(N=Cc2ccccc2O)CC(C)(C)N1O.[Co]. The van der Waals surface area contributed by atoms with E-state index >= 15 is 0 Å². The van der Waals surface area contributed by atoms with Crippen molar-refractivity contribution in [3.63, 3.8) is 0 Å². The molecule has 0 aromatic heterocycles. The van der Waals surface area contributed by atoms with E-state index in [4.69, 9.17) is 0 Å². The Hall–Kier alpha value is -2.27. The summed E-state index contributed by atoms with van der Waals surface area (Å²) in [5, 5.41) is 42.9. The molecule has 1 radical (unpaired) electrons. The van der Waals surface area contributed by atoms with Crippen LogP contribution in [0.3, 0.4) is 0 Å². The molecule has 2 aliphatic heterocycles. The van der Waals surface area contributed by atoms with Crippen LogP contribution in [0, 0.1) is 0 Å². The Morgan fingerprint density at radius 1 is 0.585 bits per heavy atom. The molecule has 0 aliphatic carbocycles. The Labute approximate surface area is 255 Å². The van der Waals surface area contributed by atoms with Crippen molar-refractivity contribution in [2.24, 2.45) is 9.98 Å². The second-order valence-electron chi connectivity index (χ2n) is 13.7. The number of benzene rings is 2. The summed E-state index contributed by atoms with van der Waals surface area (Å²) >= 11 is 0. The molecule has 4 N–H and O–H groups in total. The molecule has 2 aliphatic rings. The average molecular weight is 612 g/mol. The molecule has 0 spiro atoms.